The molecule has 0 aromatic heterocycles. The highest BCUT2D eigenvalue weighted by Crippen LogP contribution is 2.23. The zero-order valence-electron chi connectivity index (χ0n) is 9.53. The van der Waals surface area contributed by atoms with Crippen LogP contribution in [0, 0.1) is 0 Å². The second-order valence-corrected chi connectivity index (χ2v) is 4.40. The molecule has 15 heavy (non-hydrogen) atoms. The molecule has 0 aromatic carbocycles. The quantitative estimate of drug-likeness (QED) is 0.749. The number of carbonyl (C=O) groups excluding carboxylic acids is 1. The predicted molar refractivity (Wildman–Crippen MR) is 57.4 cm³/mol. The molecule has 86 valence electrons. The van der Waals surface area contributed by atoms with E-state index in [2.05, 4.69) is 19.2 Å². The van der Waals surface area contributed by atoms with Crippen LogP contribution in [0.3, 0.4) is 0 Å². The number of nitrogens with zero attached hydrogens (tertiary/aromatic N) is 1. The second kappa shape index (κ2) is 4.49. The minimum atomic E-state index is 0.205. The summed E-state index contributed by atoms with van der Waals surface area (Å²) in [6.07, 6.45) is 3.62. The van der Waals surface area contributed by atoms with Crippen molar-refractivity contribution in [3.05, 3.63) is 0 Å². The lowest BCUT2D eigenvalue weighted by Gasteiger charge is -2.33. The van der Waals surface area contributed by atoms with Crippen molar-refractivity contribution in [3.8, 4) is 0 Å². The van der Waals surface area contributed by atoms with Crippen LogP contribution in [0.2, 0.25) is 0 Å². The standard InChI is InChI=1S/C11H20N2O2/c1-3-10-12-7-11(14)13(10)8(2)9-5-4-6-15-9/h8-10,12H,3-7H2,1-2H3. The fourth-order valence-corrected chi connectivity index (χ4v) is 2.58. The van der Waals surface area contributed by atoms with Crippen molar-refractivity contribution >= 4 is 5.91 Å². The molecule has 3 atom stereocenters. The summed E-state index contributed by atoms with van der Waals surface area (Å²) >= 11 is 0. The first kappa shape index (κ1) is 10.9. The fraction of sp³-hybridized carbons (Fsp3) is 0.909. The van der Waals surface area contributed by atoms with E-state index in [1.54, 1.807) is 0 Å². The van der Waals surface area contributed by atoms with Gasteiger partial charge < -0.3 is 9.64 Å². The summed E-state index contributed by atoms with van der Waals surface area (Å²) in [5.41, 5.74) is 0. The minimum Gasteiger partial charge on any atom is -0.376 e. The fourth-order valence-electron chi connectivity index (χ4n) is 2.58. The van der Waals surface area contributed by atoms with E-state index in [1.807, 2.05) is 4.90 Å². The second-order valence-electron chi connectivity index (χ2n) is 4.40. The molecule has 2 fully saturated rings. The van der Waals surface area contributed by atoms with Gasteiger partial charge in [-0.3, -0.25) is 10.1 Å². The highest BCUT2D eigenvalue weighted by atomic mass is 16.5. The van der Waals surface area contributed by atoms with Crippen LogP contribution in [-0.4, -0.2) is 42.3 Å². The Morgan fingerprint density at radius 1 is 1.67 bits per heavy atom. The number of carbonyl (C=O) groups is 1. The SMILES string of the molecule is CCC1NCC(=O)N1C(C)C1CCCO1. The number of rotatable bonds is 3. The minimum absolute atomic E-state index is 0.205. The average Bonchev–Trinajstić information content (AvgIpc) is 2.85. The average molecular weight is 212 g/mol. The van der Waals surface area contributed by atoms with Gasteiger partial charge >= 0.3 is 0 Å². The Hall–Kier alpha value is -0.610. The summed E-state index contributed by atoms with van der Waals surface area (Å²) in [4.78, 5) is 13.7. The van der Waals surface area contributed by atoms with E-state index in [9.17, 15) is 4.79 Å². The molecule has 2 heterocycles. The normalized spacial score (nSPS) is 33.7. The third kappa shape index (κ3) is 2.01. The first-order valence-corrected chi connectivity index (χ1v) is 5.90. The van der Waals surface area contributed by atoms with Crippen LogP contribution in [-0.2, 0) is 9.53 Å². The maximum absolute atomic E-state index is 11.7. The summed E-state index contributed by atoms with van der Waals surface area (Å²) in [7, 11) is 0. The third-order valence-electron chi connectivity index (χ3n) is 3.44. The molecule has 1 N–H and O–H groups in total. The Labute approximate surface area is 91.0 Å². The molecule has 2 aliphatic rings. The molecular formula is C11H20N2O2. The summed E-state index contributed by atoms with van der Waals surface area (Å²) in [5, 5.41) is 3.23. The van der Waals surface area contributed by atoms with Crippen LogP contribution < -0.4 is 5.32 Å². The first-order valence-electron chi connectivity index (χ1n) is 5.90. The molecule has 4 heteroatoms. The van der Waals surface area contributed by atoms with Crippen molar-refractivity contribution in [2.75, 3.05) is 13.2 Å². The molecule has 4 nitrogen and oxygen atoms in total. The molecule has 0 bridgehead atoms. The molecular weight excluding hydrogens is 192 g/mol. The lowest BCUT2D eigenvalue weighted by atomic mass is 10.1. The molecule has 0 aliphatic carbocycles. The zero-order chi connectivity index (χ0) is 10.8. The molecule has 3 unspecified atom stereocenters. The Bertz CT molecular complexity index is 239. The van der Waals surface area contributed by atoms with Crippen LogP contribution in [0.4, 0.5) is 0 Å². The molecule has 0 aromatic rings. The zero-order valence-corrected chi connectivity index (χ0v) is 9.53. The van der Waals surface area contributed by atoms with Crippen LogP contribution in [0.5, 0.6) is 0 Å². The van der Waals surface area contributed by atoms with E-state index >= 15 is 0 Å². The number of ether oxygens (including phenoxy) is 1. The van der Waals surface area contributed by atoms with Gasteiger partial charge in [-0.1, -0.05) is 6.92 Å². The monoisotopic (exact) mass is 212 g/mol. The van der Waals surface area contributed by atoms with Gasteiger partial charge in [-0.15, -0.1) is 0 Å². The molecule has 0 spiro atoms. The van der Waals surface area contributed by atoms with E-state index in [4.69, 9.17) is 4.74 Å². The van der Waals surface area contributed by atoms with Gasteiger partial charge in [-0.25, -0.2) is 0 Å². The van der Waals surface area contributed by atoms with Gasteiger partial charge in [0, 0.05) is 6.61 Å². The van der Waals surface area contributed by atoms with Crippen LogP contribution in [0.1, 0.15) is 33.1 Å². The van der Waals surface area contributed by atoms with Crippen molar-refractivity contribution in [1.29, 1.82) is 0 Å². The summed E-state index contributed by atoms with van der Waals surface area (Å²) < 4.78 is 5.65. The molecule has 0 saturated carbocycles. The van der Waals surface area contributed by atoms with E-state index in [0.29, 0.717) is 6.54 Å². The number of hydrogen-bond acceptors (Lipinski definition) is 3. The summed E-state index contributed by atoms with van der Waals surface area (Å²) in [6.45, 7) is 5.53. The molecule has 0 radical (unpaired) electrons. The van der Waals surface area contributed by atoms with E-state index < -0.39 is 0 Å². The van der Waals surface area contributed by atoms with E-state index in [0.717, 1.165) is 25.9 Å². The topological polar surface area (TPSA) is 41.6 Å². The predicted octanol–water partition coefficient (Wildman–Crippen LogP) is 0.722. The van der Waals surface area contributed by atoms with Gasteiger partial charge in [0.15, 0.2) is 0 Å². The van der Waals surface area contributed by atoms with E-state index in [-0.39, 0.29) is 24.2 Å². The van der Waals surface area contributed by atoms with Crippen LogP contribution in [0.25, 0.3) is 0 Å². The number of nitrogens with one attached hydrogen (secondary N) is 1. The Balaban J connectivity index is 2.03. The third-order valence-corrected chi connectivity index (χ3v) is 3.44. The lowest BCUT2D eigenvalue weighted by Crippen LogP contribution is -2.48. The molecule has 2 saturated heterocycles. The summed E-state index contributed by atoms with van der Waals surface area (Å²) in [6, 6.07) is 0.208. The van der Waals surface area contributed by atoms with Crippen molar-refractivity contribution in [2.45, 2.75) is 51.4 Å². The highest BCUT2D eigenvalue weighted by Gasteiger charge is 2.37. The number of amides is 1. The van der Waals surface area contributed by atoms with Gasteiger partial charge in [0.05, 0.1) is 24.9 Å². The van der Waals surface area contributed by atoms with Crippen molar-refractivity contribution < 1.29 is 9.53 Å². The Kier molecular flexibility index (Phi) is 3.26. The van der Waals surface area contributed by atoms with E-state index in [1.165, 1.54) is 0 Å². The Morgan fingerprint density at radius 3 is 3.07 bits per heavy atom. The van der Waals surface area contributed by atoms with Crippen LogP contribution >= 0.6 is 0 Å². The smallest absolute Gasteiger partial charge is 0.238 e. The maximum atomic E-state index is 11.7. The highest BCUT2D eigenvalue weighted by molar-refractivity contribution is 5.81. The van der Waals surface area contributed by atoms with Gasteiger partial charge in [0.25, 0.3) is 0 Å². The first-order chi connectivity index (χ1) is 7.24. The van der Waals surface area contributed by atoms with Gasteiger partial charge in [0.2, 0.25) is 5.91 Å². The van der Waals surface area contributed by atoms with Crippen molar-refractivity contribution in [2.24, 2.45) is 0 Å². The largest absolute Gasteiger partial charge is 0.376 e. The molecule has 2 aliphatic heterocycles. The van der Waals surface area contributed by atoms with Crippen molar-refractivity contribution in [1.82, 2.24) is 10.2 Å². The van der Waals surface area contributed by atoms with Gasteiger partial charge in [-0.2, -0.15) is 0 Å². The van der Waals surface area contributed by atoms with Gasteiger partial charge in [-0.05, 0) is 26.2 Å². The lowest BCUT2D eigenvalue weighted by molar-refractivity contribution is -0.132. The molecule has 1 amide bonds. The summed E-state index contributed by atoms with van der Waals surface area (Å²) in [5.74, 6) is 0.213. The number of hydrogen-bond donors (Lipinski definition) is 1. The Morgan fingerprint density at radius 2 is 2.47 bits per heavy atom. The maximum Gasteiger partial charge on any atom is 0.238 e. The molecule has 2 rings (SSSR count). The van der Waals surface area contributed by atoms with Crippen molar-refractivity contribution in [3.63, 3.8) is 0 Å². The van der Waals surface area contributed by atoms with Crippen LogP contribution in [0.15, 0.2) is 0 Å². The van der Waals surface area contributed by atoms with Gasteiger partial charge in [0.1, 0.15) is 0 Å².